The molecule has 1 fully saturated rings. The van der Waals surface area contributed by atoms with Crippen LogP contribution in [0.1, 0.15) is 29.5 Å². The van der Waals surface area contributed by atoms with Crippen molar-refractivity contribution < 1.29 is 39.9 Å². The molecule has 5 rings (SSSR count). The molecule has 2 aromatic carbocycles. The Bertz CT molecular complexity index is 1550. The van der Waals surface area contributed by atoms with E-state index in [0.29, 0.717) is 16.7 Å². The summed E-state index contributed by atoms with van der Waals surface area (Å²) < 4.78 is 0. The van der Waals surface area contributed by atoms with E-state index in [1.54, 1.807) is 49.4 Å². The molecule has 0 spiro atoms. The molecular weight excluding hydrogens is 516 g/mol. The maximum Gasteiger partial charge on any atom is 0.255 e. The summed E-state index contributed by atoms with van der Waals surface area (Å²) in [5.74, 6) is -9.13. The number of aliphatic hydroxyl groups is 4. The number of phenols is 1. The van der Waals surface area contributed by atoms with Crippen molar-refractivity contribution in [3.8, 4) is 16.9 Å². The van der Waals surface area contributed by atoms with Gasteiger partial charge in [0.25, 0.3) is 5.91 Å². The molecule has 2 aromatic rings. The number of aliphatic hydroxyl groups excluding tert-OH is 3. The molecule has 0 heterocycles. The van der Waals surface area contributed by atoms with Gasteiger partial charge in [0, 0.05) is 17.1 Å². The van der Waals surface area contributed by atoms with Crippen molar-refractivity contribution in [1.82, 2.24) is 4.90 Å². The van der Waals surface area contributed by atoms with Gasteiger partial charge >= 0.3 is 0 Å². The zero-order valence-electron chi connectivity index (χ0n) is 22.1. The number of carbonyl (C=O) groups is 3. The number of primary amides is 1. The first-order chi connectivity index (χ1) is 18.8. The van der Waals surface area contributed by atoms with E-state index in [9.17, 15) is 39.9 Å². The molecule has 0 saturated heterocycles. The van der Waals surface area contributed by atoms with Gasteiger partial charge in [-0.2, -0.15) is 0 Å². The molecule has 10 nitrogen and oxygen atoms in total. The maximum atomic E-state index is 14.1. The molecule has 3 aliphatic rings. The number of ketones is 2. The molecule has 0 unspecified atom stereocenters. The quantitative estimate of drug-likeness (QED) is 0.312. The van der Waals surface area contributed by atoms with Gasteiger partial charge in [0.2, 0.25) is 5.78 Å². The molecular formula is C30H30N2O8. The van der Waals surface area contributed by atoms with Crippen LogP contribution in [-0.2, 0) is 14.4 Å². The van der Waals surface area contributed by atoms with E-state index >= 15 is 0 Å². The van der Waals surface area contributed by atoms with Crippen molar-refractivity contribution in [2.45, 2.75) is 30.6 Å². The Morgan fingerprint density at radius 3 is 2.25 bits per heavy atom. The highest BCUT2D eigenvalue weighted by Crippen LogP contribution is 2.56. The van der Waals surface area contributed by atoms with Gasteiger partial charge < -0.3 is 31.3 Å². The van der Waals surface area contributed by atoms with Crippen LogP contribution in [0.2, 0.25) is 0 Å². The molecule has 40 heavy (non-hydrogen) atoms. The molecule has 0 aliphatic heterocycles. The largest absolute Gasteiger partial charge is 0.508 e. The lowest BCUT2D eigenvalue weighted by molar-refractivity contribution is -0.169. The minimum absolute atomic E-state index is 0.0544. The summed E-state index contributed by atoms with van der Waals surface area (Å²) in [6.07, 6.45) is 0.0314. The van der Waals surface area contributed by atoms with E-state index < -0.39 is 75.6 Å². The standard InChI is InChI=1S/C30H30N2O8/c1-5-13-6-8-14(9-7-13)16-11-10-15-12(2)17-19(24(34)18(15)23(16)33)27(37)30(40)21(25(17)35)22(32(3)4)26(36)20(28(30)38)29(31)39/h5-12,17,21-22,25,33-35,38,40H,1H2,2-4H3,(H2,31,39)/t12-,17+,21+,22-,25-,30-/m1/s1. The van der Waals surface area contributed by atoms with Crippen molar-refractivity contribution in [2.75, 3.05) is 14.1 Å². The van der Waals surface area contributed by atoms with Crippen LogP contribution in [0, 0.1) is 11.8 Å². The van der Waals surface area contributed by atoms with Crippen molar-refractivity contribution in [2.24, 2.45) is 17.6 Å². The van der Waals surface area contributed by atoms with Crippen molar-refractivity contribution in [1.29, 1.82) is 0 Å². The third-order valence-corrected chi connectivity index (χ3v) is 8.59. The zero-order chi connectivity index (χ0) is 29.4. The predicted molar refractivity (Wildman–Crippen MR) is 146 cm³/mol. The fourth-order valence-electron chi connectivity index (χ4n) is 6.65. The average Bonchev–Trinajstić information content (AvgIpc) is 2.90. The van der Waals surface area contributed by atoms with E-state index in [4.69, 9.17) is 5.73 Å². The Morgan fingerprint density at radius 1 is 1.07 bits per heavy atom. The van der Waals surface area contributed by atoms with Gasteiger partial charge in [0.1, 0.15) is 22.8 Å². The van der Waals surface area contributed by atoms with Crippen molar-refractivity contribution in [3.05, 3.63) is 76.6 Å². The highest BCUT2D eigenvalue weighted by atomic mass is 16.4. The minimum Gasteiger partial charge on any atom is -0.508 e. The van der Waals surface area contributed by atoms with Gasteiger partial charge in [-0.15, -0.1) is 0 Å². The number of amides is 1. The number of benzene rings is 2. The lowest BCUT2D eigenvalue weighted by atomic mass is 9.54. The van der Waals surface area contributed by atoms with Gasteiger partial charge in [-0.1, -0.05) is 56.0 Å². The first-order valence-electron chi connectivity index (χ1n) is 12.7. The first-order valence-corrected chi connectivity index (χ1v) is 12.7. The molecule has 1 amide bonds. The summed E-state index contributed by atoms with van der Waals surface area (Å²) in [6.45, 7) is 5.41. The fourth-order valence-corrected chi connectivity index (χ4v) is 6.65. The third-order valence-electron chi connectivity index (χ3n) is 8.59. The fraction of sp³-hybridized carbons (Fsp3) is 0.300. The van der Waals surface area contributed by atoms with E-state index in [1.165, 1.54) is 19.0 Å². The normalized spacial score (nSPS) is 29.7. The number of nitrogens with zero attached hydrogens (tertiary/aromatic N) is 1. The predicted octanol–water partition coefficient (Wildman–Crippen LogP) is 1.81. The SMILES string of the molecule is C=Cc1ccc(-c2ccc3c(c2O)C(O)=C2C(=O)[C@@]4(O)C(O)=C(C(N)=O)C(=O)[C@H](N(C)C)[C@H]4[C@H](O)[C@H]2[C@@H]3C)cc1. The number of carbonyl (C=O) groups excluding carboxylic acids is 3. The lowest BCUT2D eigenvalue weighted by Crippen LogP contribution is -2.70. The number of hydrogen-bond donors (Lipinski definition) is 6. The highest BCUT2D eigenvalue weighted by Gasteiger charge is 2.68. The number of likely N-dealkylation sites (N-methyl/N-ethyl adjacent to an activating group) is 1. The van der Waals surface area contributed by atoms with E-state index in [0.717, 1.165) is 5.56 Å². The Morgan fingerprint density at radius 2 is 1.70 bits per heavy atom. The summed E-state index contributed by atoms with van der Waals surface area (Å²) in [7, 11) is 2.93. The van der Waals surface area contributed by atoms with Gasteiger partial charge in [0.15, 0.2) is 11.4 Å². The minimum atomic E-state index is -2.95. The summed E-state index contributed by atoms with van der Waals surface area (Å²) in [5, 5.41) is 57.2. The van der Waals surface area contributed by atoms with E-state index in [-0.39, 0.29) is 11.3 Å². The third kappa shape index (κ3) is 3.43. The van der Waals surface area contributed by atoms with Gasteiger partial charge in [0.05, 0.1) is 23.6 Å². The number of fused-ring (bicyclic) bond motifs is 3. The summed E-state index contributed by atoms with van der Waals surface area (Å²) in [6, 6.07) is 9.07. The monoisotopic (exact) mass is 546 g/mol. The molecule has 7 N–H and O–H groups in total. The number of hydrogen-bond acceptors (Lipinski definition) is 9. The molecule has 0 radical (unpaired) electrons. The highest BCUT2D eigenvalue weighted by molar-refractivity contribution is 6.24. The number of phenolic OH excluding ortho intramolecular Hbond substituents is 1. The van der Waals surface area contributed by atoms with Gasteiger partial charge in [-0.05, 0) is 36.7 Å². The second-order valence-electron chi connectivity index (χ2n) is 10.8. The number of nitrogens with two attached hydrogens (primary N) is 1. The summed E-state index contributed by atoms with van der Waals surface area (Å²) in [5.41, 5.74) is 3.25. The average molecular weight is 547 g/mol. The number of Topliss-reactive ketones (excluding diaryl/α,β-unsaturated/α-hetero) is 2. The molecule has 0 aromatic heterocycles. The lowest BCUT2D eigenvalue weighted by Gasteiger charge is -2.53. The van der Waals surface area contributed by atoms with E-state index in [1.807, 2.05) is 0 Å². The Hall–Kier alpha value is -4.25. The zero-order valence-corrected chi connectivity index (χ0v) is 22.1. The van der Waals surface area contributed by atoms with Crippen LogP contribution in [0.15, 0.2) is 59.9 Å². The van der Waals surface area contributed by atoms with Crippen LogP contribution in [-0.4, -0.2) is 79.7 Å². The second kappa shape index (κ2) is 9.16. The maximum absolute atomic E-state index is 14.1. The number of aromatic hydroxyl groups is 1. The van der Waals surface area contributed by atoms with Crippen LogP contribution in [0.25, 0.3) is 23.0 Å². The molecule has 208 valence electrons. The van der Waals surface area contributed by atoms with Crippen LogP contribution in [0.4, 0.5) is 0 Å². The van der Waals surface area contributed by atoms with Crippen molar-refractivity contribution >= 4 is 29.3 Å². The van der Waals surface area contributed by atoms with Crippen LogP contribution in [0.3, 0.4) is 0 Å². The summed E-state index contributed by atoms with van der Waals surface area (Å²) in [4.78, 5) is 40.8. The molecule has 10 heteroatoms. The van der Waals surface area contributed by atoms with Crippen molar-refractivity contribution in [3.63, 3.8) is 0 Å². The van der Waals surface area contributed by atoms with Gasteiger partial charge in [-0.25, -0.2) is 0 Å². The van der Waals surface area contributed by atoms with Crippen LogP contribution >= 0.6 is 0 Å². The molecule has 1 saturated carbocycles. The van der Waals surface area contributed by atoms with E-state index in [2.05, 4.69) is 6.58 Å². The summed E-state index contributed by atoms with van der Waals surface area (Å²) >= 11 is 0. The first kappa shape index (κ1) is 27.3. The van der Waals surface area contributed by atoms with Gasteiger partial charge in [-0.3, -0.25) is 19.3 Å². The Kier molecular flexibility index (Phi) is 6.25. The smallest absolute Gasteiger partial charge is 0.255 e. The second-order valence-corrected chi connectivity index (χ2v) is 10.8. The topological polar surface area (TPSA) is 182 Å². The van der Waals surface area contributed by atoms with Crippen LogP contribution in [0.5, 0.6) is 5.75 Å². The van der Waals surface area contributed by atoms with Crippen LogP contribution < -0.4 is 5.73 Å². The Labute approximate surface area is 230 Å². The molecule has 6 atom stereocenters. The molecule has 3 aliphatic carbocycles. The molecule has 0 bridgehead atoms. The number of rotatable bonds is 4. The Balaban J connectivity index is 1.76.